The van der Waals surface area contributed by atoms with Crippen molar-refractivity contribution in [3.8, 4) is 11.5 Å². The number of hydrogen-bond acceptors (Lipinski definition) is 5. The normalized spacial score (nSPS) is 10.4. The molecule has 2 rings (SSSR count). The molecule has 24 heavy (non-hydrogen) atoms. The summed E-state index contributed by atoms with van der Waals surface area (Å²) in [5.41, 5.74) is 2.22. The number of aromatic carboxylic acids is 1. The molecule has 0 saturated carbocycles. The van der Waals surface area contributed by atoms with Crippen molar-refractivity contribution in [3.63, 3.8) is 0 Å². The molecule has 0 fully saturated rings. The fourth-order valence-electron chi connectivity index (χ4n) is 2.15. The number of rotatable bonds is 7. The fourth-order valence-corrected chi connectivity index (χ4v) is 2.15. The third-order valence-electron chi connectivity index (χ3n) is 3.09. The molecule has 0 aromatic heterocycles. The smallest absolute Gasteiger partial charge is 0.335 e. The first kappa shape index (κ1) is 17.0. The molecular weight excluding hydrogens is 312 g/mol. The lowest BCUT2D eigenvalue weighted by Crippen LogP contribution is -1.98. The van der Waals surface area contributed by atoms with Gasteiger partial charge < -0.3 is 14.6 Å². The lowest BCUT2D eigenvalue weighted by atomic mass is 10.1. The van der Waals surface area contributed by atoms with Crippen molar-refractivity contribution in [2.24, 2.45) is 0 Å². The zero-order valence-electron chi connectivity index (χ0n) is 12.8. The Morgan fingerprint density at radius 3 is 1.96 bits per heavy atom. The highest BCUT2D eigenvalue weighted by Crippen LogP contribution is 2.21. The molecule has 2 aromatic carbocycles. The molecule has 0 amide bonds. The number of aryl methyl sites for hydroxylation is 1. The third-order valence-corrected chi connectivity index (χ3v) is 3.09. The van der Waals surface area contributed by atoms with Crippen LogP contribution in [-0.4, -0.2) is 24.0 Å². The van der Waals surface area contributed by atoms with Crippen LogP contribution in [0.15, 0.2) is 36.4 Å². The van der Waals surface area contributed by atoms with Crippen molar-refractivity contribution >= 4 is 31.1 Å². The van der Waals surface area contributed by atoms with Crippen LogP contribution < -0.4 is 9.47 Å². The van der Waals surface area contributed by atoms with E-state index in [2.05, 4.69) is 0 Å². The summed E-state index contributed by atoms with van der Waals surface area (Å²) < 4.78 is 9.55. The van der Waals surface area contributed by atoms with Crippen LogP contribution in [0.4, 0.5) is 0 Å². The van der Waals surface area contributed by atoms with Crippen LogP contribution in [0.2, 0.25) is 0 Å². The van der Waals surface area contributed by atoms with Crippen LogP contribution in [-0.2, 0) is 9.59 Å². The van der Waals surface area contributed by atoms with Crippen LogP contribution in [0.5, 0.6) is 11.5 Å². The summed E-state index contributed by atoms with van der Waals surface area (Å²) in [6.45, 7) is 2.44. The number of benzene rings is 2. The Morgan fingerprint density at radius 1 is 0.875 bits per heavy atom. The number of carbonyl (C=O) groups excluding carboxylic acids is 2. The van der Waals surface area contributed by atoms with Crippen molar-refractivity contribution in [3.05, 3.63) is 58.7 Å². The van der Waals surface area contributed by atoms with Gasteiger partial charge in [-0.15, -0.1) is 0 Å². The van der Waals surface area contributed by atoms with E-state index in [0.717, 1.165) is 11.1 Å². The highest BCUT2D eigenvalue weighted by atomic mass is 16.5. The molecule has 0 heterocycles. The van der Waals surface area contributed by atoms with Crippen LogP contribution in [0, 0.1) is 6.92 Å². The summed E-state index contributed by atoms with van der Waals surface area (Å²) in [7, 11) is 0. The van der Waals surface area contributed by atoms with Gasteiger partial charge in [0.1, 0.15) is 11.5 Å². The second-order valence-electron chi connectivity index (χ2n) is 4.94. The first-order chi connectivity index (χ1) is 11.5. The summed E-state index contributed by atoms with van der Waals surface area (Å²) in [4.78, 5) is 32.0. The molecule has 6 heteroatoms. The molecule has 0 unspecified atom stereocenters. The maximum Gasteiger partial charge on any atom is 0.335 e. The van der Waals surface area contributed by atoms with Gasteiger partial charge in [0.15, 0.2) is 0 Å². The van der Waals surface area contributed by atoms with E-state index in [-0.39, 0.29) is 17.8 Å². The second kappa shape index (κ2) is 7.73. The van der Waals surface area contributed by atoms with Crippen LogP contribution >= 0.6 is 0 Å². The van der Waals surface area contributed by atoms with Gasteiger partial charge in [0.2, 0.25) is 0 Å². The molecule has 0 bridgehead atoms. The molecule has 0 aliphatic carbocycles. The van der Waals surface area contributed by atoms with Crippen molar-refractivity contribution in [2.45, 2.75) is 6.92 Å². The lowest BCUT2D eigenvalue weighted by molar-refractivity contribution is -0.121. The molecular formula is C18H14O6. The maximum atomic E-state index is 11.1. The summed E-state index contributed by atoms with van der Waals surface area (Å²) in [6.07, 6.45) is 3.40. The zero-order valence-corrected chi connectivity index (χ0v) is 12.8. The van der Waals surface area contributed by atoms with E-state index >= 15 is 0 Å². The monoisotopic (exact) mass is 326 g/mol. The SMILES string of the molecule is Cc1cc(/C=C/c2cc(OC=O)cc(C(=O)O)c2)cc(OC=O)c1. The molecule has 1 N–H and O–H groups in total. The first-order valence-corrected chi connectivity index (χ1v) is 6.90. The van der Waals surface area contributed by atoms with E-state index in [0.29, 0.717) is 17.8 Å². The second-order valence-corrected chi connectivity index (χ2v) is 4.94. The standard InChI is InChI=1S/C18H14O6/c1-12-4-13(7-16(5-12)23-10-19)2-3-14-6-15(18(21)22)9-17(8-14)24-11-20/h2-11H,1H3,(H,21,22)/b3-2+. The number of carboxylic acids is 1. The maximum absolute atomic E-state index is 11.1. The van der Waals surface area contributed by atoms with E-state index in [1.165, 1.54) is 18.2 Å². The van der Waals surface area contributed by atoms with Gasteiger partial charge in [0, 0.05) is 0 Å². The summed E-state index contributed by atoms with van der Waals surface area (Å²) in [6, 6.07) is 9.51. The molecule has 122 valence electrons. The molecule has 0 aliphatic heterocycles. The molecule has 0 saturated heterocycles. The minimum absolute atomic E-state index is 0.00298. The Morgan fingerprint density at radius 2 is 1.42 bits per heavy atom. The van der Waals surface area contributed by atoms with Gasteiger partial charge in [-0.2, -0.15) is 0 Å². The van der Waals surface area contributed by atoms with Crippen LogP contribution in [0.25, 0.3) is 12.2 Å². The van der Waals surface area contributed by atoms with Gasteiger partial charge >= 0.3 is 5.97 Å². The lowest BCUT2D eigenvalue weighted by Gasteiger charge is -2.04. The Hall–Kier alpha value is -3.41. The summed E-state index contributed by atoms with van der Waals surface area (Å²) in [5, 5.41) is 9.10. The fraction of sp³-hybridized carbons (Fsp3) is 0.0556. The Kier molecular flexibility index (Phi) is 5.46. The first-order valence-electron chi connectivity index (χ1n) is 6.90. The van der Waals surface area contributed by atoms with Crippen molar-refractivity contribution in [1.29, 1.82) is 0 Å². The van der Waals surface area contributed by atoms with Crippen molar-refractivity contribution in [1.82, 2.24) is 0 Å². The van der Waals surface area contributed by atoms with E-state index in [4.69, 9.17) is 14.6 Å². The van der Waals surface area contributed by atoms with Gasteiger partial charge in [-0.25, -0.2) is 4.79 Å². The van der Waals surface area contributed by atoms with Gasteiger partial charge in [0.25, 0.3) is 12.9 Å². The average Bonchev–Trinajstić information content (AvgIpc) is 2.53. The number of carbonyl (C=O) groups is 3. The number of ether oxygens (including phenoxy) is 2. The number of carboxylic acid groups (broad SMARTS) is 1. The van der Waals surface area contributed by atoms with E-state index < -0.39 is 5.97 Å². The van der Waals surface area contributed by atoms with E-state index in [9.17, 15) is 14.4 Å². The molecule has 2 aromatic rings. The average molecular weight is 326 g/mol. The molecule has 0 radical (unpaired) electrons. The van der Waals surface area contributed by atoms with Crippen molar-refractivity contribution < 1.29 is 29.0 Å². The van der Waals surface area contributed by atoms with Gasteiger partial charge in [-0.05, 0) is 53.9 Å². The largest absolute Gasteiger partial charge is 0.478 e. The van der Waals surface area contributed by atoms with Gasteiger partial charge in [0.05, 0.1) is 5.56 Å². The Balaban J connectivity index is 2.35. The minimum atomic E-state index is -1.13. The highest BCUT2D eigenvalue weighted by molar-refractivity contribution is 5.89. The topological polar surface area (TPSA) is 89.9 Å². The summed E-state index contributed by atoms with van der Waals surface area (Å²) in [5.74, 6) is -0.578. The zero-order chi connectivity index (χ0) is 17.5. The predicted molar refractivity (Wildman–Crippen MR) is 86.9 cm³/mol. The molecule has 6 nitrogen and oxygen atoms in total. The number of hydrogen-bond donors (Lipinski definition) is 1. The van der Waals surface area contributed by atoms with Gasteiger partial charge in [-0.1, -0.05) is 18.2 Å². The van der Waals surface area contributed by atoms with E-state index in [1.807, 2.05) is 13.0 Å². The quantitative estimate of drug-likeness (QED) is 0.621. The Labute approximate surface area is 137 Å². The predicted octanol–water partition coefficient (Wildman–Crippen LogP) is 2.93. The summed E-state index contributed by atoms with van der Waals surface area (Å²) >= 11 is 0. The van der Waals surface area contributed by atoms with E-state index in [1.54, 1.807) is 24.3 Å². The molecule has 0 atom stereocenters. The Bertz CT molecular complexity index is 807. The third kappa shape index (κ3) is 4.54. The van der Waals surface area contributed by atoms with Crippen LogP contribution in [0.3, 0.4) is 0 Å². The highest BCUT2D eigenvalue weighted by Gasteiger charge is 2.07. The molecule has 0 spiro atoms. The van der Waals surface area contributed by atoms with Crippen LogP contribution in [0.1, 0.15) is 27.0 Å². The minimum Gasteiger partial charge on any atom is -0.478 e. The van der Waals surface area contributed by atoms with Crippen molar-refractivity contribution in [2.75, 3.05) is 0 Å². The van der Waals surface area contributed by atoms with Gasteiger partial charge in [-0.3, -0.25) is 9.59 Å². The molecule has 0 aliphatic rings.